The molecule has 0 aliphatic carbocycles. The predicted molar refractivity (Wildman–Crippen MR) is 165 cm³/mol. The van der Waals surface area contributed by atoms with Gasteiger partial charge in [0.2, 0.25) is 5.88 Å². The zero-order valence-corrected chi connectivity index (χ0v) is 26.0. The molecule has 1 saturated heterocycles. The van der Waals surface area contributed by atoms with Crippen LogP contribution in [0.5, 0.6) is 5.88 Å². The van der Waals surface area contributed by atoms with E-state index in [1.54, 1.807) is 34.9 Å². The number of hydrogen-bond acceptors (Lipinski definition) is 6. The molecule has 13 heteroatoms. The fourth-order valence-corrected chi connectivity index (χ4v) is 5.69. The molecule has 3 aromatic heterocycles. The van der Waals surface area contributed by atoms with Gasteiger partial charge in [-0.25, -0.2) is 14.4 Å². The van der Waals surface area contributed by atoms with Gasteiger partial charge in [0.05, 0.1) is 28.3 Å². The second-order valence-corrected chi connectivity index (χ2v) is 11.2. The van der Waals surface area contributed by atoms with Gasteiger partial charge in [-0.15, -0.1) is 12.4 Å². The number of ether oxygens (including phenoxy) is 1. The van der Waals surface area contributed by atoms with E-state index >= 15 is 4.39 Å². The van der Waals surface area contributed by atoms with Crippen molar-refractivity contribution in [3.05, 3.63) is 82.6 Å². The van der Waals surface area contributed by atoms with Crippen LogP contribution in [-0.4, -0.2) is 58.1 Å². The molecule has 0 bridgehead atoms. The number of alkyl halides is 3. The average Bonchev–Trinajstić information content (AvgIpc) is 3.34. The van der Waals surface area contributed by atoms with Gasteiger partial charge in [-0.1, -0.05) is 24.6 Å². The minimum absolute atomic E-state index is 0. The molecule has 0 saturated carbocycles. The topological polar surface area (TPSA) is 63.0 Å². The molecule has 5 rings (SSSR count). The summed E-state index contributed by atoms with van der Waals surface area (Å²) >= 11 is 6.16. The highest BCUT2D eigenvalue weighted by molar-refractivity contribution is 6.30. The SMILES string of the molecule is CCc1nc2ccc(Cl)cn2c1C(=O)CCc1ccc(N2C[C@H](C)N(c3ccc(OCC(F)(F)F)nc3)C[C@H]2C)c(F)c1.Cl. The Morgan fingerprint density at radius 3 is 2.45 bits per heavy atom. The van der Waals surface area contributed by atoms with Crippen LogP contribution < -0.4 is 14.5 Å². The fourth-order valence-electron chi connectivity index (χ4n) is 5.53. The van der Waals surface area contributed by atoms with Crippen molar-refractivity contribution in [2.45, 2.75) is 58.3 Å². The molecule has 0 N–H and O–H groups in total. The van der Waals surface area contributed by atoms with Crippen LogP contribution in [0.15, 0.2) is 54.9 Å². The number of pyridine rings is 2. The van der Waals surface area contributed by atoms with Crippen molar-refractivity contribution >= 4 is 46.8 Å². The van der Waals surface area contributed by atoms with Gasteiger partial charge in [0.25, 0.3) is 0 Å². The minimum Gasteiger partial charge on any atom is -0.468 e. The Hall–Kier alpha value is -3.57. The summed E-state index contributed by atoms with van der Waals surface area (Å²) in [6.07, 6.45) is -0.0761. The number of nitrogens with zero attached hydrogens (tertiary/aromatic N) is 5. The monoisotopic (exact) mass is 653 g/mol. The zero-order chi connectivity index (χ0) is 30.9. The first-order chi connectivity index (χ1) is 20.4. The maximum absolute atomic E-state index is 15.5. The lowest BCUT2D eigenvalue weighted by atomic mass is 10.0. The number of imidazole rings is 1. The van der Waals surface area contributed by atoms with Crippen LogP contribution in [0, 0.1) is 5.82 Å². The molecule has 2 atom stereocenters. The number of anilines is 2. The third-order valence-electron chi connectivity index (χ3n) is 7.64. The van der Waals surface area contributed by atoms with Crippen LogP contribution >= 0.6 is 24.0 Å². The maximum Gasteiger partial charge on any atom is 0.422 e. The molecule has 1 aliphatic heterocycles. The highest BCUT2D eigenvalue weighted by Crippen LogP contribution is 2.30. The van der Waals surface area contributed by atoms with Crippen molar-refractivity contribution in [3.63, 3.8) is 0 Å². The minimum atomic E-state index is -4.44. The van der Waals surface area contributed by atoms with Crippen molar-refractivity contribution in [3.8, 4) is 5.88 Å². The molecular formula is C31H33Cl2F4N5O2. The third-order valence-corrected chi connectivity index (χ3v) is 7.86. The van der Waals surface area contributed by atoms with Gasteiger partial charge in [0, 0.05) is 43.9 Å². The Bertz CT molecular complexity index is 1610. The fraction of sp³-hybridized carbons (Fsp3) is 0.387. The summed E-state index contributed by atoms with van der Waals surface area (Å²) < 4.78 is 59.2. The van der Waals surface area contributed by atoms with E-state index in [1.165, 1.54) is 18.3 Å². The first-order valence-electron chi connectivity index (χ1n) is 14.1. The van der Waals surface area contributed by atoms with Gasteiger partial charge in [-0.2, -0.15) is 13.2 Å². The van der Waals surface area contributed by atoms with Crippen LogP contribution in [0.1, 0.15) is 48.9 Å². The van der Waals surface area contributed by atoms with E-state index in [2.05, 4.69) is 14.9 Å². The van der Waals surface area contributed by atoms with E-state index < -0.39 is 12.8 Å². The van der Waals surface area contributed by atoms with Gasteiger partial charge in [-0.3, -0.25) is 9.20 Å². The Morgan fingerprint density at radius 1 is 1.07 bits per heavy atom. The van der Waals surface area contributed by atoms with Crippen LogP contribution in [0.25, 0.3) is 5.65 Å². The van der Waals surface area contributed by atoms with E-state index in [9.17, 15) is 18.0 Å². The number of halogens is 6. The smallest absolute Gasteiger partial charge is 0.422 e. The zero-order valence-electron chi connectivity index (χ0n) is 24.4. The molecule has 44 heavy (non-hydrogen) atoms. The summed E-state index contributed by atoms with van der Waals surface area (Å²) in [5, 5.41) is 0.507. The Labute approximate surface area is 264 Å². The number of carbonyl (C=O) groups is 1. The predicted octanol–water partition coefficient (Wildman–Crippen LogP) is 7.37. The van der Waals surface area contributed by atoms with Gasteiger partial charge >= 0.3 is 6.18 Å². The number of benzene rings is 1. The number of aromatic nitrogens is 3. The molecule has 0 unspecified atom stereocenters. The average molecular weight is 655 g/mol. The molecule has 236 valence electrons. The Morgan fingerprint density at radius 2 is 1.80 bits per heavy atom. The van der Waals surface area contributed by atoms with E-state index in [0.717, 1.165) is 11.3 Å². The van der Waals surface area contributed by atoms with Crippen LogP contribution in [-0.2, 0) is 12.8 Å². The molecule has 0 amide bonds. The molecule has 7 nitrogen and oxygen atoms in total. The highest BCUT2D eigenvalue weighted by atomic mass is 35.5. The van der Waals surface area contributed by atoms with Crippen molar-refractivity contribution in [1.82, 2.24) is 14.4 Å². The summed E-state index contributed by atoms with van der Waals surface area (Å²) in [5.41, 5.74) is 3.82. The van der Waals surface area contributed by atoms with E-state index in [1.807, 2.05) is 31.7 Å². The van der Waals surface area contributed by atoms with Gasteiger partial charge in [0.15, 0.2) is 12.4 Å². The van der Waals surface area contributed by atoms with Gasteiger partial charge in [-0.05, 0) is 62.6 Å². The second kappa shape index (κ2) is 13.6. The van der Waals surface area contributed by atoms with Crippen LogP contribution in [0.4, 0.5) is 28.9 Å². The first kappa shape index (κ1) is 33.3. The molecule has 4 heterocycles. The molecule has 1 fully saturated rings. The number of Topliss-reactive ketones (excluding diaryl/α,β-unsaturated/α-hetero) is 1. The van der Waals surface area contributed by atoms with Crippen molar-refractivity contribution in [1.29, 1.82) is 0 Å². The maximum atomic E-state index is 15.5. The quantitative estimate of drug-likeness (QED) is 0.139. The third kappa shape index (κ3) is 7.38. The Balaban J connectivity index is 0.00000442. The van der Waals surface area contributed by atoms with Gasteiger partial charge < -0.3 is 14.5 Å². The number of rotatable bonds is 9. The van der Waals surface area contributed by atoms with E-state index in [-0.39, 0.29) is 48.4 Å². The standard InChI is InChI=1S/C31H32ClF4N5O2.ClH/c1-4-25-30(41-17-22(32)7-11-28(41)38-25)27(42)10-6-21-5-9-26(24(33)13-21)40-16-19(2)39(15-20(40)3)23-8-12-29(37-14-23)43-18-31(34,35)36;/h5,7-9,11-14,17,19-20H,4,6,10,15-16,18H2,1-3H3;1H/t19-,20+;/m0./s1. The van der Waals surface area contributed by atoms with Crippen LogP contribution in [0.3, 0.4) is 0 Å². The first-order valence-corrected chi connectivity index (χ1v) is 14.5. The summed E-state index contributed by atoms with van der Waals surface area (Å²) in [6.45, 7) is 5.63. The van der Waals surface area contributed by atoms with Crippen molar-refractivity contribution in [2.24, 2.45) is 0 Å². The lowest BCUT2D eigenvalue weighted by molar-refractivity contribution is -0.154. The molecule has 0 radical (unpaired) electrons. The van der Waals surface area contributed by atoms with Crippen molar-refractivity contribution in [2.75, 3.05) is 29.5 Å². The number of ketones is 1. The van der Waals surface area contributed by atoms with Crippen LogP contribution in [0.2, 0.25) is 5.02 Å². The normalized spacial score (nSPS) is 17.1. The second-order valence-electron chi connectivity index (χ2n) is 10.8. The summed E-state index contributed by atoms with van der Waals surface area (Å²) in [5.74, 6) is -0.539. The number of piperazine rings is 1. The lowest BCUT2D eigenvalue weighted by Crippen LogP contribution is -2.57. The molecule has 0 spiro atoms. The molecule has 1 aromatic carbocycles. The van der Waals surface area contributed by atoms with E-state index in [4.69, 9.17) is 16.3 Å². The largest absolute Gasteiger partial charge is 0.468 e. The lowest BCUT2D eigenvalue weighted by Gasteiger charge is -2.46. The summed E-state index contributed by atoms with van der Waals surface area (Å²) in [4.78, 5) is 25.9. The number of hydrogen-bond donors (Lipinski definition) is 0. The number of aryl methyl sites for hydroxylation is 2. The number of fused-ring (bicyclic) bond motifs is 1. The van der Waals surface area contributed by atoms with Crippen molar-refractivity contribution < 1.29 is 27.1 Å². The molecule has 4 aromatic rings. The molecular weight excluding hydrogens is 621 g/mol. The number of carbonyl (C=O) groups excluding carboxylic acids is 1. The summed E-state index contributed by atoms with van der Waals surface area (Å²) in [7, 11) is 0. The summed E-state index contributed by atoms with van der Waals surface area (Å²) in [6, 6.07) is 11.6. The highest BCUT2D eigenvalue weighted by Gasteiger charge is 2.32. The van der Waals surface area contributed by atoms with Gasteiger partial charge in [0.1, 0.15) is 17.2 Å². The molecule has 1 aliphatic rings. The van der Waals surface area contributed by atoms with E-state index in [0.29, 0.717) is 53.7 Å². The Kier molecular flexibility index (Phi) is 10.3.